The monoisotopic (exact) mass is 237 g/mol. The zero-order chi connectivity index (χ0) is 10.3. The molecule has 2 heterocycles. The third kappa shape index (κ3) is 1.43. The average Bonchev–Trinajstić information content (AvgIpc) is 2.72. The van der Waals surface area contributed by atoms with Gasteiger partial charge in [-0.1, -0.05) is 12.1 Å². The fraction of sp³-hybridized carbons (Fsp3) is 0.182. The third-order valence-electron chi connectivity index (χ3n) is 2.36. The Balaban J connectivity index is 2.20. The molecule has 0 bridgehead atoms. The van der Waals surface area contributed by atoms with Gasteiger partial charge in [-0.3, -0.25) is 0 Å². The van der Waals surface area contributed by atoms with Crippen LogP contribution < -0.4 is 4.74 Å². The Kier molecular flexibility index (Phi) is 2.15. The lowest BCUT2D eigenvalue weighted by atomic mass is 10.1. The average molecular weight is 238 g/mol. The first kappa shape index (κ1) is 9.19. The van der Waals surface area contributed by atoms with E-state index in [0.29, 0.717) is 12.5 Å². The predicted octanol–water partition coefficient (Wildman–Crippen LogP) is 3.44. The second-order valence-electron chi connectivity index (χ2n) is 3.30. The molecule has 2 aromatic rings. The fourth-order valence-electron chi connectivity index (χ4n) is 1.70. The molecule has 1 aliphatic heterocycles. The van der Waals surface area contributed by atoms with Gasteiger partial charge < -0.3 is 4.74 Å². The zero-order valence-corrected chi connectivity index (χ0v) is 9.44. The fourth-order valence-corrected chi connectivity index (χ4v) is 2.77. The summed E-state index contributed by atoms with van der Waals surface area (Å²) in [5, 5.41) is 0.960. The van der Waals surface area contributed by atoms with Crippen molar-refractivity contribution in [2.45, 2.75) is 12.5 Å². The van der Waals surface area contributed by atoms with Gasteiger partial charge in [0.05, 0.1) is 16.5 Å². The van der Waals surface area contributed by atoms with E-state index in [9.17, 15) is 0 Å². The Labute approximate surface area is 96.5 Å². The molecular weight excluding hydrogens is 230 g/mol. The van der Waals surface area contributed by atoms with Gasteiger partial charge in [-0.25, -0.2) is 4.98 Å². The molecule has 0 aliphatic carbocycles. The van der Waals surface area contributed by atoms with Gasteiger partial charge in [0.1, 0.15) is 17.4 Å². The van der Waals surface area contributed by atoms with Crippen molar-refractivity contribution in [3.63, 3.8) is 0 Å². The van der Waals surface area contributed by atoms with E-state index in [1.807, 2.05) is 24.3 Å². The second-order valence-corrected chi connectivity index (χ2v) is 4.73. The van der Waals surface area contributed by atoms with E-state index >= 15 is 0 Å². The number of rotatable bonds is 1. The maximum absolute atomic E-state index is 5.78. The van der Waals surface area contributed by atoms with Gasteiger partial charge >= 0.3 is 0 Å². The van der Waals surface area contributed by atoms with E-state index in [-0.39, 0.29) is 0 Å². The minimum Gasteiger partial charge on any atom is -0.487 e. The summed E-state index contributed by atoms with van der Waals surface area (Å²) in [4.78, 5) is 5.69. The van der Waals surface area contributed by atoms with Crippen LogP contribution in [0.3, 0.4) is 0 Å². The first-order valence-corrected chi connectivity index (χ1v) is 6.00. The maximum atomic E-state index is 5.78. The first-order valence-electron chi connectivity index (χ1n) is 4.65. The molecule has 0 N–H and O–H groups in total. The van der Waals surface area contributed by atoms with Gasteiger partial charge in [-0.05, 0) is 12.1 Å². The van der Waals surface area contributed by atoms with Crippen molar-refractivity contribution in [1.82, 2.24) is 4.98 Å². The second kappa shape index (κ2) is 3.51. The molecule has 0 atom stereocenters. The molecule has 1 aromatic heterocycles. The van der Waals surface area contributed by atoms with Crippen molar-refractivity contribution < 1.29 is 4.74 Å². The third-order valence-corrected chi connectivity index (χ3v) is 3.80. The van der Waals surface area contributed by atoms with E-state index in [4.69, 9.17) is 16.3 Å². The quantitative estimate of drug-likeness (QED) is 0.709. The number of nitrogens with zero attached hydrogens (tertiary/aromatic N) is 1. The van der Waals surface area contributed by atoms with Gasteiger partial charge in [-0.15, -0.1) is 22.9 Å². The first-order chi connectivity index (χ1) is 7.38. The van der Waals surface area contributed by atoms with Gasteiger partial charge in [-0.2, -0.15) is 0 Å². The SMILES string of the molecule is ClCc1nc2c(s1)COc1ccccc1-2. The molecule has 0 saturated carbocycles. The van der Waals surface area contributed by atoms with Crippen LogP contribution in [0.15, 0.2) is 24.3 Å². The lowest BCUT2D eigenvalue weighted by Crippen LogP contribution is -2.02. The van der Waals surface area contributed by atoms with E-state index in [2.05, 4.69) is 4.98 Å². The molecule has 15 heavy (non-hydrogen) atoms. The summed E-state index contributed by atoms with van der Waals surface area (Å²) in [5.41, 5.74) is 2.11. The number of para-hydroxylation sites is 1. The number of hydrogen-bond acceptors (Lipinski definition) is 3. The molecular formula is C11H8ClNOS. The van der Waals surface area contributed by atoms with Crippen molar-refractivity contribution in [3.05, 3.63) is 34.2 Å². The van der Waals surface area contributed by atoms with Crippen LogP contribution in [0.4, 0.5) is 0 Å². The van der Waals surface area contributed by atoms with Crippen LogP contribution in [-0.4, -0.2) is 4.98 Å². The number of thiazole rings is 1. The van der Waals surface area contributed by atoms with Crippen molar-refractivity contribution in [3.8, 4) is 17.0 Å². The van der Waals surface area contributed by atoms with Crippen LogP contribution in [0.2, 0.25) is 0 Å². The van der Waals surface area contributed by atoms with Crippen molar-refractivity contribution in [1.29, 1.82) is 0 Å². The molecule has 0 fully saturated rings. The molecule has 1 aliphatic rings. The molecule has 0 radical (unpaired) electrons. The number of benzene rings is 1. The number of aromatic nitrogens is 1. The molecule has 0 spiro atoms. The summed E-state index contributed by atoms with van der Waals surface area (Å²) in [6.45, 7) is 0.612. The summed E-state index contributed by atoms with van der Waals surface area (Å²) < 4.78 is 5.64. The van der Waals surface area contributed by atoms with Crippen molar-refractivity contribution in [2.24, 2.45) is 0 Å². The highest BCUT2D eigenvalue weighted by molar-refractivity contribution is 7.12. The molecule has 2 nitrogen and oxygen atoms in total. The summed E-state index contributed by atoms with van der Waals surface area (Å²) in [7, 11) is 0. The molecule has 1 aromatic carbocycles. The van der Waals surface area contributed by atoms with Crippen molar-refractivity contribution >= 4 is 22.9 Å². The molecule has 0 saturated heterocycles. The predicted molar refractivity (Wildman–Crippen MR) is 61.4 cm³/mol. The largest absolute Gasteiger partial charge is 0.487 e. The summed E-state index contributed by atoms with van der Waals surface area (Å²) >= 11 is 7.41. The topological polar surface area (TPSA) is 22.1 Å². The minimum absolute atomic E-state index is 0.472. The highest BCUT2D eigenvalue weighted by Crippen LogP contribution is 2.39. The molecule has 0 amide bonds. The summed E-state index contributed by atoms with van der Waals surface area (Å²) in [6, 6.07) is 7.97. The minimum atomic E-state index is 0.472. The Morgan fingerprint density at radius 1 is 1.40 bits per heavy atom. The Morgan fingerprint density at radius 3 is 3.13 bits per heavy atom. The Hall–Kier alpha value is -1.06. The molecule has 0 unspecified atom stereocenters. The van der Waals surface area contributed by atoms with Crippen LogP contribution in [0, 0.1) is 0 Å². The van der Waals surface area contributed by atoms with Gasteiger partial charge in [0, 0.05) is 5.56 Å². The van der Waals surface area contributed by atoms with E-state index < -0.39 is 0 Å². The van der Waals surface area contributed by atoms with Crippen LogP contribution in [-0.2, 0) is 12.5 Å². The molecule has 3 rings (SSSR count). The maximum Gasteiger partial charge on any atom is 0.129 e. The Bertz CT molecular complexity index is 509. The molecule has 4 heteroatoms. The van der Waals surface area contributed by atoms with E-state index in [1.165, 1.54) is 4.88 Å². The van der Waals surface area contributed by atoms with Crippen LogP contribution in [0.5, 0.6) is 5.75 Å². The van der Waals surface area contributed by atoms with E-state index in [1.54, 1.807) is 11.3 Å². The highest BCUT2D eigenvalue weighted by atomic mass is 35.5. The normalized spacial score (nSPS) is 12.9. The van der Waals surface area contributed by atoms with Gasteiger partial charge in [0.15, 0.2) is 0 Å². The standard InChI is InChI=1S/C11H8ClNOS/c12-5-10-13-11-7-3-1-2-4-8(7)14-6-9(11)15-10/h1-4H,5-6H2. The van der Waals surface area contributed by atoms with Gasteiger partial charge in [0.2, 0.25) is 0 Å². The smallest absolute Gasteiger partial charge is 0.129 e. The lowest BCUT2D eigenvalue weighted by Gasteiger charge is -2.15. The van der Waals surface area contributed by atoms with E-state index in [0.717, 1.165) is 22.0 Å². The number of fused-ring (bicyclic) bond motifs is 3. The number of hydrogen-bond donors (Lipinski definition) is 0. The van der Waals surface area contributed by atoms with Crippen LogP contribution in [0.25, 0.3) is 11.3 Å². The number of ether oxygens (including phenoxy) is 1. The Morgan fingerprint density at radius 2 is 2.27 bits per heavy atom. The highest BCUT2D eigenvalue weighted by Gasteiger charge is 2.20. The van der Waals surface area contributed by atoms with Gasteiger partial charge in [0.25, 0.3) is 0 Å². The summed E-state index contributed by atoms with van der Waals surface area (Å²) in [6.07, 6.45) is 0. The lowest BCUT2D eigenvalue weighted by molar-refractivity contribution is 0.305. The van der Waals surface area contributed by atoms with Crippen LogP contribution >= 0.6 is 22.9 Å². The molecule has 76 valence electrons. The van der Waals surface area contributed by atoms with Crippen molar-refractivity contribution in [2.75, 3.05) is 0 Å². The zero-order valence-electron chi connectivity index (χ0n) is 7.87. The summed E-state index contributed by atoms with van der Waals surface area (Å²) in [5.74, 6) is 1.39. The number of alkyl halides is 1. The van der Waals surface area contributed by atoms with Crippen LogP contribution in [0.1, 0.15) is 9.88 Å². The number of halogens is 1.